The van der Waals surface area contributed by atoms with E-state index in [-0.39, 0.29) is 41.3 Å². The Hall–Kier alpha value is -3.27. The van der Waals surface area contributed by atoms with E-state index in [1.807, 2.05) is 41.3 Å². The van der Waals surface area contributed by atoms with E-state index in [1.54, 1.807) is 24.3 Å². The molecular formula is C28H25F2NO. The van der Waals surface area contributed by atoms with Crippen molar-refractivity contribution < 1.29 is 13.6 Å². The van der Waals surface area contributed by atoms with Crippen LogP contribution in [0.25, 0.3) is 11.1 Å². The van der Waals surface area contributed by atoms with E-state index in [0.717, 1.165) is 17.5 Å². The molecule has 1 amide bonds. The lowest BCUT2D eigenvalue weighted by molar-refractivity contribution is -0.134. The highest BCUT2D eigenvalue weighted by molar-refractivity contribution is 5.83. The Labute approximate surface area is 187 Å². The number of carbonyl (C=O) groups excluding carboxylic acids is 1. The third-order valence-electron chi connectivity index (χ3n) is 6.85. The van der Waals surface area contributed by atoms with Gasteiger partial charge < -0.3 is 4.90 Å². The molecule has 1 saturated heterocycles. The Morgan fingerprint density at radius 3 is 2.44 bits per heavy atom. The molecule has 0 saturated carbocycles. The van der Waals surface area contributed by atoms with Crippen molar-refractivity contribution >= 4 is 5.91 Å². The van der Waals surface area contributed by atoms with Crippen molar-refractivity contribution in [2.75, 3.05) is 0 Å². The fourth-order valence-corrected chi connectivity index (χ4v) is 5.28. The number of amides is 1. The second-order valence-corrected chi connectivity index (χ2v) is 8.89. The highest BCUT2D eigenvalue weighted by atomic mass is 19.1. The van der Waals surface area contributed by atoms with E-state index < -0.39 is 0 Å². The van der Waals surface area contributed by atoms with Gasteiger partial charge in [0.1, 0.15) is 11.6 Å². The Kier molecular flexibility index (Phi) is 5.38. The molecule has 1 fully saturated rings. The molecule has 0 radical (unpaired) electrons. The average molecular weight is 430 g/mol. The minimum Gasteiger partial charge on any atom is -0.330 e. The third kappa shape index (κ3) is 3.64. The van der Waals surface area contributed by atoms with Crippen molar-refractivity contribution in [1.82, 2.24) is 4.90 Å². The fraction of sp³-hybridized carbons (Fsp3) is 0.250. The predicted molar refractivity (Wildman–Crippen MR) is 121 cm³/mol. The Morgan fingerprint density at radius 1 is 0.969 bits per heavy atom. The van der Waals surface area contributed by atoms with Crippen molar-refractivity contribution in [3.63, 3.8) is 0 Å². The molecule has 2 nitrogen and oxygen atoms in total. The molecular weight excluding hydrogens is 404 g/mol. The van der Waals surface area contributed by atoms with Gasteiger partial charge in [-0.25, -0.2) is 8.78 Å². The Morgan fingerprint density at radius 2 is 1.72 bits per heavy atom. The first-order valence-electron chi connectivity index (χ1n) is 11.1. The number of allylic oxidation sites excluding steroid dienone is 1. The van der Waals surface area contributed by atoms with Gasteiger partial charge in [0.25, 0.3) is 0 Å². The zero-order valence-corrected chi connectivity index (χ0v) is 17.9. The first-order valence-corrected chi connectivity index (χ1v) is 11.1. The van der Waals surface area contributed by atoms with Gasteiger partial charge in [-0.2, -0.15) is 0 Å². The van der Waals surface area contributed by atoms with Crippen molar-refractivity contribution in [3.8, 4) is 11.1 Å². The maximum Gasteiger partial charge on any atom is 0.227 e. The summed E-state index contributed by atoms with van der Waals surface area (Å²) in [5.74, 6) is -0.388. The standard InChI is InChI=1S/C28H25F2NO/c1-18-6-5-9-24-26(18)28(32)31(17-19-7-3-2-4-8-19)27(24)21-12-15-23(25(30)16-21)20-10-13-22(29)14-11-20/h2-5,7-16,18,24,26-27H,6,17H2,1H3. The van der Waals surface area contributed by atoms with E-state index in [9.17, 15) is 9.18 Å². The van der Waals surface area contributed by atoms with Crippen LogP contribution in [0.4, 0.5) is 8.78 Å². The maximum atomic E-state index is 15.2. The quantitative estimate of drug-likeness (QED) is 0.431. The number of fused-ring (bicyclic) bond motifs is 1. The van der Waals surface area contributed by atoms with Gasteiger partial charge in [-0.15, -0.1) is 0 Å². The highest BCUT2D eigenvalue weighted by Crippen LogP contribution is 2.49. The number of nitrogens with zero attached hydrogens (tertiary/aromatic N) is 1. The Balaban J connectivity index is 1.54. The second kappa shape index (κ2) is 8.34. The molecule has 2 aliphatic rings. The van der Waals surface area contributed by atoms with Crippen molar-refractivity contribution in [2.24, 2.45) is 17.8 Å². The number of hydrogen-bond acceptors (Lipinski definition) is 1. The Bertz CT molecular complexity index is 1160. The van der Waals surface area contributed by atoms with Crippen LogP contribution in [0.1, 0.15) is 30.5 Å². The summed E-state index contributed by atoms with van der Waals surface area (Å²) in [5, 5.41) is 0. The minimum absolute atomic E-state index is 0.0195. The van der Waals surface area contributed by atoms with Crippen LogP contribution in [0.3, 0.4) is 0 Å². The smallest absolute Gasteiger partial charge is 0.227 e. The second-order valence-electron chi connectivity index (χ2n) is 8.89. The van der Waals surface area contributed by atoms with E-state index in [2.05, 4.69) is 19.1 Å². The lowest BCUT2D eigenvalue weighted by Crippen LogP contribution is -2.30. The third-order valence-corrected chi connectivity index (χ3v) is 6.85. The van der Waals surface area contributed by atoms with Crippen molar-refractivity contribution in [2.45, 2.75) is 25.9 Å². The van der Waals surface area contributed by atoms with E-state index >= 15 is 4.39 Å². The summed E-state index contributed by atoms with van der Waals surface area (Å²) in [4.78, 5) is 15.4. The summed E-state index contributed by atoms with van der Waals surface area (Å²) in [6, 6.07) is 20.7. The monoisotopic (exact) mass is 429 g/mol. The zero-order valence-electron chi connectivity index (χ0n) is 17.9. The molecule has 5 rings (SSSR count). The molecule has 0 aromatic heterocycles. The largest absolute Gasteiger partial charge is 0.330 e. The van der Waals surface area contributed by atoms with Crippen molar-refractivity contribution in [3.05, 3.63) is 108 Å². The molecule has 0 spiro atoms. The van der Waals surface area contributed by atoms with Crippen LogP contribution >= 0.6 is 0 Å². The van der Waals surface area contributed by atoms with Crippen LogP contribution in [0.15, 0.2) is 84.9 Å². The molecule has 4 heteroatoms. The molecule has 4 unspecified atom stereocenters. The highest BCUT2D eigenvalue weighted by Gasteiger charge is 2.50. The van der Waals surface area contributed by atoms with Gasteiger partial charge in [-0.05, 0) is 47.2 Å². The molecule has 3 aromatic carbocycles. The number of rotatable bonds is 4. The summed E-state index contributed by atoms with van der Waals surface area (Å²) in [6.07, 6.45) is 5.18. The lowest BCUT2D eigenvalue weighted by Gasteiger charge is -2.29. The van der Waals surface area contributed by atoms with E-state index in [4.69, 9.17) is 0 Å². The topological polar surface area (TPSA) is 20.3 Å². The molecule has 0 N–H and O–H groups in total. The molecule has 4 atom stereocenters. The zero-order chi connectivity index (χ0) is 22.2. The molecule has 162 valence electrons. The van der Waals surface area contributed by atoms with E-state index in [0.29, 0.717) is 17.7 Å². The number of hydrogen-bond donors (Lipinski definition) is 0. The summed E-state index contributed by atoms with van der Waals surface area (Å²) >= 11 is 0. The van der Waals surface area contributed by atoms with Gasteiger partial charge in [0.05, 0.1) is 6.04 Å². The summed E-state index contributed by atoms with van der Waals surface area (Å²) in [7, 11) is 0. The number of carbonyl (C=O) groups is 1. The van der Waals surface area contributed by atoms with Gasteiger partial charge in [-0.3, -0.25) is 4.79 Å². The minimum atomic E-state index is -0.363. The normalized spacial score (nSPS) is 24.6. The average Bonchev–Trinajstić information content (AvgIpc) is 3.08. The van der Waals surface area contributed by atoms with Gasteiger partial charge >= 0.3 is 0 Å². The summed E-state index contributed by atoms with van der Waals surface area (Å²) < 4.78 is 28.5. The van der Waals surface area contributed by atoms with Crippen LogP contribution in [0.2, 0.25) is 0 Å². The number of likely N-dealkylation sites (tertiary alicyclic amines) is 1. The van der Waals surface area contributed by atoms with Gasteiger partial charge in [0.15, 0.2) is 0 Å². The van der Waals surface area contributed by atoms with E-state index in [1.165, 1.54) is 12.1 Å². The number of halogens is 2. The van der Waals surface area contributed by atoms with Crippen LogP contribution in [0.5, 0.6) is 0 Å². The first-order chi connectivity index (χ1) is 15.5. The van der Waals surface area contributed by atoms with Crippen LogP contribution in [-0.2, 0) is 11.3 Å². The maximum absolute atomic E-state index is 15.2. The predicted octanol–water partition coefficient (Wildman–Crippen LogP) is 6.54. The molecule has 32 heavy (non-hydrogen) atoms. The first kappa shape index (κ1) is 20.6. The molecule has 1 aliphatic heterocycles. The van der Waals surface area contributed by atoms with Gasteiger partial charge in [-0.1, -0.05) is 73.7 Å². The summed E-state index contributed by atoms with van der Waals surface area (Å²) in [5.41, 5.74) is 2.91. The molecule has 0 bridgehead atoms. The molecule has 1 heterocycles. The fourth-order valence-electron chi connectivity index (χ4n) is 5.28. The van der Waals surface area contributed by atoms with Crippen molar-refractivity contribution in [1.29, 1.82) is 0 Å². The van der Waals surface area contributed by atoms with Gasteiger partial charge in [0, 0.05) is 23.9 Å². The van der Waals surface area contributed by atoms with Crippen LogP contribution in [0, 0.1) is 29.4 Å². The van der Waals surface area contributed by atoms with Gasteiger partial charge in [0.2, 0.25) is 5.91 Å². The molecule has 3 aromatic rings. The number of benzene rings is 3. The SMILES string of the molecule is CC1CC=CC2C1C(=O)N(Cc1ccccc1)C2c1ccc(-c2ccc(F)cc2)c(F)c1. The van der Waals surface area contributed by atoms with Crippen LogP contribution < -0.4 is 0 Å². The van der Waals surface area contributed by atoms with Crippen LogP contribution in [-0.4, -0.2) is 10.8 Å². The lowest BCUT2D eigenvalue weighted by atomic mass is 9.75. The molecule has 1 aliphatic carbocycles. The summed E-state index contributed by atoms with van der Waals surface area (Å²) in [6.45, 7) is 2.62.